The van der Waals surface area contributed by atoms with Crippen LogP contribution in [0.15, 0.2) is 12.3 Å². The van der Waals surface area contributed by atoms with E-state index in [4.69, 9.17) is 0 Å². The molecule has 8 nitrogen and oxygen atoms in total. The normalized spacial score (nSPS) is 22.9. The fourth-order valence-electron chi connectivity index (χ4n) is 3.81. The van der Waals surface area contributed by atoms with Crippen molar-refractivity contribution < 1.29 is 9.59 Å². The highest BCUT2D eigenvalue weighted by Crippen LogP contribution is 2.43. The molecule has 2 fully saturated rings. The molecule has 1 aliphatic heterocycles. The van der Waals surface area contributed by atoms with E-state index in [1.807, 2.05) is 18.0 Å². The van der Waals surface area contributed by atoms with E-state index in [9.17, 15) is 9.59 Å². The summed E-state index contributed by atoms with van der Waals surface area (Å²) in [5.41, 5.74) is 0.902. The number of hydrogen-bond acceptors (Lipinski definition) is 6. The molecule has 2 aliphatic rings. The zero-order valence-corrected chi connectivity index (χ0v) is 16.4. The van der Waals surface area contributed by atoms with Crippen LogP contribution in [0.25, 0.3) is 0 Å². The summed E-state index contributed by atoms with van der Waals surface area (Å²) in [6, 6.07) is 1.86. The third-order valence-corrected chi connectivity index (χ3v) is 6.14. The Morgan fingerprint density at radius 3 is 2.81 bits per heavy atom. The van der Waals surface area contributed by atoms with Crippen molar-refractivity contribution in [3.63, 3.8) is 0 Å². The lowest BCUT2D eigenvalue weighted by atomic mass is 9.85. The second-order valence-corrected chi connectivity index (χ2v) is 8.30. The van der Waals surface area contributed by atoms with Crippen molar-refractivity contribution in [1.82, 2.24) is 24.9 Å². The van der Waals surface area contributed by atoms with Crippen LogP contribution in [-0.4, -0.2) is 42.7 Å². The summed E-state index contributed by atoms with van der Waals surface area (Å²) < 4.78 is 1.77. The molecule has 4 rings (SSSR count). The number of nitrogens with zero attached hydrogens (tertiary/aromatic N) is 5. The van der Waals surface area contributed by atoms with Crippen molar-refractivity contribution in [3.05, 3.63) is 23.0 Å². The Bertz CT molecular complexity index is 843. The standard InChI is InChI=1S/C18H24N6O2S/c1-3-4-14-21-22-18(27-14)20-17(26)12-7-8-15(25)24(11-5-6-11)16(12)13-9-10-19-23(13)2/h9-12,16H,3-8H2,1-2H3,(H,20,22,26). The lowest BCUT2D eigenvalue weighted by molar-refractivity contribution is -0.143. The summed E-state index contributed by atoms with van der Waals surface area (Å²) in [6.45, 7) is 2.09. The van der Waals surface area contributed by atoms with Gasteiger partial charge in [-0.05, 0) is 31.7 Å². The van der Waals surface area contributed by atoms with Gasteiger partial charge in [0, 0.05) is 32.1 Å². The average molecular weight is 388 g/mol. The SMILES string of the molecule is CCCc1nnc(NC(=O)C2CCC(=O)N(C3CC3)C2c2ccnn2C)s1. The molecule has 1 saturated carbocycles. The highest BCUT2D eigenvalue weighted by Gasteiger charge is 2.47. The number of hydrogen-bond donors (Lipinski definition) is 1. The molecule has 27 heavy (non-hydrogen) atoms. The molecule has 1 N–H and O–H groups in total. The van der Waals surface area contributed by atoms with Crippen LogP contribution in [-0.2, 0) is 23.1 Å². The number of piperidine rings is 1. The fraction of sp³-hybridized carbons (Fsp3) is 0.611. The molecule has 9 heteroatoms. The van der Waals surface area contributed by atoms with E-state index in [0.717, 1.165) is 36.4 Å². The van der Waals surface area contributed by atoms with Crippen LogP contribution in [0.2, 0.25) is 0 Å². The molecule has 0 spiro atoms. The summed E-state index contributed by atoms with van der Waals surface area (Å²) in [5, 5.41) is 16.9. The summed E-state index contributed by atoms with van der Waals surface area (Å²) in [4.78, 5) is 27.7. The number of aryl methyl sites for hydroxylation is 2. The first kappa shape index (κ1) is 18.1. The van der Waals surface area contributed by atoms with Crippen LogP contribution >= 0.6 is 11.3 Å². The number of carbonyl (C=O) groups is 2. The van der Waals surface area contributed by atoms with Gasteiger partial charge in [-0.1, -0.05) is 18.3 Å². The van der Waals surface area contributed by atoms with Gasteiger partial charge in [0.25, 0.3) is 0 Å². The second kappa shape index (κ2) is 7.38. The molecule has 0 radical (unpaired) electrons. The first-order chi connectivity index (χ1) is 13.1. The van der Waals surface area contributed by atoms with Gasteiger partial charge in [-0.2, -0.15) is 5.10 Å². The molecule has 3 heterocycles. The Balaban J connectivity index is 1.59. The van der Waals surface area contributed by atoms with E-state index in [-0.39, 0.29) is 29.8 Å². The third kappa shape index (κ3) is 3.60. The number of carbonyl (C=O) groups excluding carboxylic acids is 2. The van der Waals surface area contributed by atoms with E-state index in [0.29, 0.717) is 18.0 Å². The molecular weight excluding hydrogens is 364 g/mol. The van der Waals surface area contributed by atoms with Gasteiger partial charge in [0.2, 0.25) is 16.9 Å². The van der Waals surface area contributed by atoms with Crippen molar-refractivity contribution >= 4 is 28.3 Å². The maximum atomic E-state index is 13.1. The van der Waals surface area contributed by atoms with E-state index < -0.39 is 0 Å². The number of nitrogens with one attached hydrogen (secondary N) is 1. The molecule has 2 aromatic heterocycles. The van der Waals surface area contributed by atoms with Crippen LogP contribution in [0.3, 0.4) is 0 Å². The van der Waals surface area contributed by atoms with Gasteiger partial charge in [0.05, 0.1) is 17.7 Å². The minimum Gasteiger partial charge on any atom is -0.330 e. The van der Waals surface area contributed by atoms with Gasteiger partial charge in [-0.25, -0.2) is 0 Å². The molecular formula is C18H24N6O2S. The average Bonchev–Trinajstić information content (AvgIpc) is 3.24. The maximum Gasteiger partial charge on any atom is 0.231 e. The van der Waals surface area contributed by atoms with Crippen LogP contribution in [0, 0.1) is 5.92 Å². The van der Waals surface area contributed by atoms with Gasteiger partial charge in [-0.15, -0.1) is 10.2 Å². The van der Waals surface area contributed by atoms with E-state index in [1.165, 1.54) is 11.3 Å². The second-order valence-electron chi connectivity index (χ2n) is 7.24. The number of likely N-dealkylation sites (tertiary alicyclic amines) is 1. The van der Waals surface area contributed by atoms with Crippen molar-refractivity contribution in [3.8, 4) is 0 Å². The molecule has 0 aromatic carbocycles. The quantitative estimate of drug-likeness (QED) is 0.820. The molecule has 2 atom stereocenters. The maximum absolute atomic E-state index is 13.1. The predicted octanol–water partition coefficient (Wildman–Crippen LogP) is 2.30. The monoisotopic (exact) mass is 388 g/mol. The molecule has 2 aromatic rings. The topological polar surface area (TPSA) is 93.0 Å². The number of rotatable bonds is 6. The first-order valence-electron chi connectivity index (χ1n) is 9.50. The van der Waals surface area contributed by atoms with Crippen LogP contribution in [0.1, 0.15) is 55.8 Å². The smallest absolute Gasteiger partial charge is 0.231 e. The molecule has 144 valence electrons. The minimum atomic E-state index is -0.322. The summed E-state index contributed by atoms with van der Waals surface area (Å²) in [5.74, 6) is -0.287. The van der Waals surface area contributed by atoms with E-state index in [1.54, 1.807) is 10.9 Å². The predicted molar refractivity (Wildman–Crippen MR) is 101 cm³/mol. The molecule has 0 bridgehead atoms. The minimum absolute atomic E-state index is 0.0986. The van der Waals surface area contributed by atoms with Crippen molar-refractivity contribution in [2.75, 3.05) is 5.32 Å². The zero-order chi connectivity index (χ0) is 19.0. The van der Waals surface area contributed by atoms with Gasteiger partial charge >= 0.3 is 0 Å². The fourth-order valence-corrected chi connectivity index (χ4v) is 4.66. The Morgan fingerprint density at radius 2 is 2.15 bits per heavy atom. The Labute approximate surface area is 162 Å². The van der Waals surface area contributed by atoms with Crippen molar-refractivity contribution in [1.29, 1.82) is 0 Å². The lowest BCUT2D eigenvalue weighted by Crippen LogP contribution is -2.48. The Kier molecular flexibility index (Phi) is 4.94. The van der Waals surface area contributed by atoms with Gasteiger partial charge in [0.15, 0.2) is 0 Å². The van der Waals surface area contributed by atoms with Gasteiger partial charge < -0.3 is 10.2 Å². The zero-order valence-electron chi connectivity index (χ0n) is 15.6. The molecule has 1 saturated heterocycles. The summed E-state index contributed by atoms with van der Waals surface area (Å²) in [7, 11) is 1.86. The van der Waals surface area contributed by atoms with E-state index in [2.05, 4.69) is 27.5 Å². The van der Waals surface area contributed by atoms with Crippen LogP contribution in [0.4, 0.5) is 5.13 Å². The third-order valence-electron chi connectivity index (χ3n) is 5.24. The lowest BCUT2D eigenvalue weighted by Gasteiger charge is -2.40. The Hall–Kier alpha value is -2.29. The molecule has 2 amide bonds. The highest BCUT2D eigenvalue weighted by atomic mass is 32.1. The number of anilines is 1. The largest absolute Gasteiger partial charge is 0.330 e. The summed E-state index contributed by atoms with van der Waals surface area (Å²) >= 11 is 1.42. The Morgan fingerprint density at radius 1 is 1.33 bits per heavy atom. The highest BCUT2D eigenvalue weighted by molar-refractivity contribution is 7.15. The van der Waals surface area contributed by atoms with E-state index >= 15 is 0 Å². The molecule has 1 aliphatic carbocycles. The van der Waals surface area contributed by atoms with Gasteiger partial charge in [-0.3, -0.25) is 14.3 Å². The van der Waals surface area contributed by atoms with Crippen LogP contribution < -0.4 is 5.32 Å². The van der Waals surface area contributed by atoms with Crippen LogP contribution in [0.5, 0.6) is 0 Å². The molecule has 2 unspecified atom stereocenters. The van der Waals surface area contributed by atoms with Crippen molar-refractivity contribution in [2.45, 2.75) is 57.5 Å². The summed E-state index contributed by atoms with van der Waals surface area (Å²) in [6.07, 6.45) is 6.52. The number of amides is 2. The van der Waals surface area contributed by atoms with Crippen molar-refractivity contribution in [2.24, 2.45) is 13.0 Å². The first-order valence-corrected chi connectivity index (χ1v) is 10.3. The number of aromatic nitrogens is 4. The van der Waals surface area contributed by atoms with Gasteiger partial charge in [0.1, 0.15) is 5.01 Å².